The Morgan fingerprint density at radius 2 is 1.79 bits per heavy atom. The number of likely N-dealkylation sites (N-methyl/N-ethyl adjacent to an activating group) is 1. The zero-order chi connectivity index (χ0) is 26.1. The molecule has 8 heteroatoms. The summed E-state index contributed by atoms with van der Waals surface area (Å²) in [5.74, 6) is 1.28. The molecule has 0 amide bonds. The quantitative estimate of drug-likeness (QED) is 0.357. The molecule has 0 saturated carbocycles. The van der Waals surface area contributed by atoms with E-state index >= 15 is 0 Å². The Balaban J connectivity index is 1.53. The number of nitrogens with zero attached hydrogens (tertiary/aromatic N) is 6. The number of ether oxygens (including phenoxy) is 1. The van der Waals surface area contributed by atoms with Crippen LogP contribution in [0.5, 0.6) is 5.75 Å². The standard InChI is InChI=1S/C30H29N7O/c1-35-13-15-36(16-14-35)23-11-12-27-25(18-23)28(32-20-21-7-4-3-5-8-21)26(19-31)30-33-29(34-37(27)30)22-9-6-10-24(17-22)38-2/h3-12,17-18,32H,13-16,20H2,1-2H3. The van der Waals surface area contributed by atoms with Crippen molar-refractivity contribution in [3.8, 4) is 23.2 Å². The first-order valence-corrected chi connectivity index (χ1v) is 12.8. The van der Waals surface area contributed by atoms with Crippen molar-refractivity contribution in [3.63, 3.8) is 0 Å². The highest BCUT2D eigenvalue weighted by Gasteiger charge is 2.21. The Labute approximate surface area is 221 Å². The number of methoxy groups -OCH3 is 1. The first-order chi connectivity index (χ1) is 18.6. The molecular formula is C30H29N7O. The van der Waals surface area contributed by atoms with E-state index in [2.05, 4.69) is 58.6 Å². The molecule has 1 aliphatic rings. The number of nitriles is 1. The van der Waals surface area contributed by atoms with Gasteiger partial charge in [-0.1, -0.05) is 42.5 Å². The van der Waals surface area contributed by atoms with Crippen LogP contribution in [0.1, 0.15) is 11.1 Å². The molecule has 0 spiro atoms. The number of pyridine rings is 1. The number of rotatable bonds is 6. The van der Waals surface area contributed by atoms with E-state index in [1.54, 1.807) is 11.6 Å². The molecule has 1 saturated heterocycles. The fourth-order valence-corrected chi connectivity index (χ4v) is 5.02. The van der Waals surface area contributed by atoms with Gasteiger partial charge in [0.25, 0.3) is 0 Å². The van der Waals surface area contributed by atoms with Crippen LogP contribution in [0, 0.1) is 11.3 Å². The molecule has 3 heterocycles. The molecule has 2 aromatic heterocycles. The van der Waals surface area contributed by atoms with Crippen LogP contribution in [-0.4, -0.2) is 59.8 Å². The zero-order valence-electron chi connectivity index (χ0n) is 21.6. The van der Waals surface area contributed by atoms with Crippen LogP contribution in [-0.2, 0) is 6.54 Å². The van der Waals surface area contributed by atoms with Gasteiger partial charge in [-0.15, -0.1) is 5.10 Å². The maximum absolute atomic E-state index is 10.4. The molecule has 0 unspecified atom stereocenters. The lowest BCUT2D eigenvalue weighted by Crippen LogP contribution is -2.44. The van der Waals surface area contributed by atoms with Crippen molar-refractivity contribution in [1.82, 2.24) is 19.5 Å². The largest absolute Gasteiger partial charge is 0.497 e. The predicted molar refractivity (Wildman–Crippen MR) is 151 cm³/mol. The van der Waals surface area contributed by atoms with Crippen LogP contribution < -0.4 is 15.0 Å². The van der Waals surface area contributed by atoms with Crippen molar-refractivity contribution in [2.24, 2.45) is 0 Å². The van der Waals surface area contributed by atoms with E-state index in [1.165, 1.54) is 0 Å². The van der Waals surface area contributed by atoms with E-state index < -0.39 is 0 Å². The summed E-state index contributed by atoms with van der Waals surface area (Å²) in [6.07, 6.45) is 0. The topological polar surface area (TPSA) is 81.7 Å². The molecule has 38 heavy (non-hydrogen) atoms. The van der Waals surface area contributed by atoms with E-state index in [0.29, 0.717) is 23.6 Å². The van der Waals surface area contributed by atoms with Crippen LogP contribution in [0.3, 0.4) is 0 Å². The van der Waals surface area contributed by atoms with Crippen molar-refractivity contribution in [3.05, 3.63) is 83.9 Å². The summed E-state index contributed by atoms with van der Waals surface area (Å²) in [6, 6.07) is 26.7. The van der Waals surface area contributed by atoms with Gasteiger partial charge < -0.3 is 19.9 Å². The number of nitrogens with one attached hydrogen (secondary N) is 1. The molecule has 0 radical (unpaired) electrons. The monoisotopic (exact) mass is 503 g/mol. The summed E-state index contributed by atoms with van der Waals surface area (Å²) in [5.41, 5.74) is 5.79. The van der Waals surface area contributed by atoms with Gasteiger partial charge in [-0.05, 0) is 42.9 Å². The van der Waals surface area contributed by atoms with Crippen molar-refractivity contribution < 1.29 is 4.74 Å². The number of benzene rings is 3. The molecule has 6 rings (SSSR count). The SMILES string of the molecule is COc1cccc(-c2nc3c(C#N)c(NCc4ccccc4)c4cc(N5CCN(C)CC5)ccc4n3n2)c1. The average molecular weight is 504 g/mol. The summed E-state index contributed by atoms with van der Waals surface area (Å²) < 4.78 is 7.20. The lowest BCUT2D eigenvalue weighted by atomic mass is 10.1. The lowest BCUT2D eigenvalue weighted by molar-refractivity contribution is 0.313. The molecular weight excluding hydrogens is 474 g/mol. The summed E-state index contributed by atoms with van der Waals surface area (Å²) in [6.45, 7) is 4.56. The average Bonchev–Trinajstić information content (AvgIpc) is 3.42. The Morgan fingerprint density at radius 3 is 2.55 bits per heavy atom. The molecule has 190 valence electrons. The minimum absolute atomic E-state index is 0.477. The smallest absolute Gasteiger partial charge is 0.182 e. The lowest BCUT2D eigenvalue weighted by Gasteiger charge is -2.34. The van der Waals surface area contributed by atoms with Gasteiger partial charge >= 0.3 is 0 Å². The maximum Gasteiger partial charge on any atom is 0.182 e. The highest BCUT2D eigenvalue weighted by atomic mass is 16.5. The van der Waals surface area contributed by atoms with Gasteiger partial charge in [0, 0.05) is 49.4 Å². The van der Waals surface area contributed by atoms with Crippen LogP contribution in [0.4, 0.5) is 11.4 Å². The van der Waals surface area contributed by atoms with Gasteiger partial charge in [-0.3, -0.25) is 0 Å². The van der Waals surface area contributed by atoms with Crippen LogP contribution >= 0.6 is 0 Å². The molecule has 5 aromatic rings. The first kappa shape index (κ1) is 23.8. The molecule has 1 N–H and O–H groups in total. The number of piperazine rings is 1. The number of anilines is 2. The van der Waals surface area contributed by atoms with Gasteiger partial charge in [0.1, 0.15) is 17.4 Å². The van der Waals surface area contributed by atoms with Crippen molar-refractivity contribution in [2.45, 2.75) is 6.54 Å². The van der Waals surface area contributed by atoms with Crippen molar-refractivity contribution >= 4 is 27.9 Å². The predicted octanol–water partition coefficient (Wildman–Crippen LogP) is 4.79. The maximum atomic E-state index is 10.4. The molecule has 1 fully saturated rings. The van der Waals surface area contributed by atoms with E-state index in [4.69, 9.17) is 14.8 Å². The molecule has 3 aromatic carbocycles. The molecule has 0 aliphatic carbocycles. The third-order valence-corrected chi connectivity index (χ3v) is 7.18. The Kier molecular flexibility index (Phi) is 6.28. The summed E-state index contributed by atoms with van der Waals surface area (Å²) in [7, 11) is 3.80. The number of hydrogen-bond acceptors (Lipinski definition) is 7. The van der Waals surface area contributed by atoms with Crippen molar-refractivity contribution in [2.75, 3.05) is 50.6 Å². The number of aromatic nitrogens is 3. The van der Waals surface area contributed by atoms with Gasteiger partial charge in [-0.25, -0.2) is 9.50 Å². The van der Waals surface area contributed by atoms with Gasteiger partial charge in [0.15, 0.2) is 11.5 Å². The summed E-state index contributed by atoms with van der Waals surface area (Å²) in [5, 5.41) is 19.8. The second-order valence-corrected chi connectivity index (χ2v) is 9.60. The molecule has 1 aliphatic heterocycles. The van der Waals surface area contributed by atoms with Crippen LogP contribution in [0.25, 0.3) is 27.9 Å². The normalized spacial score (nSPS) is 14.1. The second kappa shape index (κ2) is 10.0. The fourth-order valence-electron chi connectivity index (χ4n) is 5.02. The van der Waals surface area contributed by atoms with E-state index in [1.807, 2.05) is 42.5 Å². The van der Waals surface area contributed by atoms with E-state index in [9.17, 15) is 5.26 Å². The molecule has 0 bridgehead atoms. The summed E-state index contributed by atoms with van der Waals surface area (Å²) >= 11 is 0. The Morgan fingerprint density at radius 1 is 0.974 bits per heavy atom. The minimum atomic E-state index is 0.477. The van der Waals surface area contributed by atoms with Crippen LogP contribution in [0.15, 0.2) is 72.8 Å². The Bertz CT molecular complexity index is 1650. The van der Waals surface area contributed by atoms with Gasteiger partial charge in [0.2, 0.25) is 0 Å². The third-order valence-electron chi connectivity index (χ3n) is 7.18. The van der Waals surface area contributed by atoms with Gasteiger partial charge in [-0.2, -0.15) is 5.26 Å². The number of hydrogen-bond donors (Lipinski definition) is 1. The Hall–Kier alpha value is -4.61. The summed E-state index contributed by atoms with van der Waals surface area (Å²) in [4.78, 5) is 9.58. The molecule has 8 nitrogen and oxygen atoms in total. The highest BCUT2D eigenvalue weighted by Crippen LogP contribution is 2.35. The van der Waals surface area contributed by atoms with Gasteiger partial charge in [0.05, 0.1) is 18.3 Å². The molecule has 0 atom stereocenters. The fraction of sp³-hybridized carbons (Fsp3) is 0.233. The first-order valence-electron chi connectivity index (χ1n) is 12.8. The van der Waals surface area contributed by atoms with Crippen molar-refractivity contribution in [1.29, 1.82) is 5.26 Å². The van der Waals surface area contributed by atoms with Crippen LogP contribution in [0.2, 0.25) is 0 Å². The third kappa shape index (κ3) is 4.38. The van der Waals surface area contributed by atoms with E-state index in [-0.39, 0.29) is 0 Å². The number of fused-ring (bicyclic) bond motifs is 3. The second-order valence-electron chi connectivity index (χ2n) is 9.60. The van der Waals surface area contributed by atoms with E-state index in [0.717, 1.165) is 65.3 Å². The zero-order valence-corrected chi connectivity index (χ0v) is 21.6. The highest BCUT2D eigenvalue weighted by molar-refractivity contribution is 6.00. The minimum Gasteiger partial charge on any atom is -0.497 e.